The molecule has 0 saturated heterocycles. The molecule has 114 valence electrons. The van der Waals surface area contributed by atoms with E-state index in [1.54, 1.807) is 6.07 Å². The first kappa shape index (κ1) is 17.0. The summed E-state index contributed by atoms with van der Waals surface area (Å²) in [5.74, 6) is 0.503. The van der Waals surface area contributed by atoms with Gasteiger partial charge in [0.2, 0.25) is 0 Å². The molecule has 1 aromatic rings. The quantitative estimate of drug-likeness (QED) is 0.800. The van der Waals surface area contributed by atoms with Crippen LogP contribution in [0.4, 0.5) is 13.2 Å². The van der Waals surface area contributed by atoms with Crippen molar-refractivity contribution < 1.29 is 13.2 Å². The fraction of sp³-hybridized carbons (Fsp3) is 0.625. The second kappa shape index (κ2) is 6.17. The standard InChI is InChI=1S/C16H24F3N/c1-11(2)15(4,5)10-20-12(3)13-7-6-8-14(9-13)16(17,18)19/h6-9,11-12,20H,10H2,1-5H3. The number of alkyl halides is 3. The number of hydrogen-bond donors (Lipinski definition) is 1. The highest BCUT2D eigenvalue weighted by atomic mass is 19.4. The summed E-state index contributed by atoms with van der Waals surface area (Å²) >= 11 is 0. The fourth-order valence-electron chi connectivity index (χ4n) is 1.72. The number of hydrogen-bond acceptors (Lipinski definition) is 1. The number of nitrogens with one attached hydrogen (secondary N) is 1. The zero-order chi connectivity index (χ0) is 15.6. The maximum atomic E-state index is 12.7. The zero-order valence-electron chi connectivity index (χ0n) is 12.8. The minimum atomic E-state index is -4.28. The Morgan fingerprint density at radius 1 is 1.10 bits per heavy atom. The van der Waals surface area contributed by atoms with Crippen molar-refractivity contribution in [1.82, 2.24) is 5.32 Å². The Labute approximate surface area is 119 Å². The summed E-state index contributed by atoms with van der Waals surface area (Å²) in [6.45, 7) is 11.3. The maximum absolute atomic E-state index is 12.7. The SMILES string of the molecule is CC(NCC(C)(C)C(C)C)c1cccc(C(F)(F)F)c1. The van der Waals surface area contributed by atoms with Gasteiger partial charge in [-0.2, -0.15) is 13.2 Å². The van der Waals surface area contributed by atoms with E-state index in [4.69, 9.17) is 0 Å². The molecule has 0 aliphatic carbocycles. The van der Waals surface area contributed by atoms with Crippen LogP contribution in [0.3, 0.4) is 0 Å². The molecular formula is C16H24F3N. The molecule has 0 fully saturated rings. The van der Waals surface area contributed by atoms with Crippen LogP contribution >= 0.6 is 0 Å². The highest BCUT2D eigenvalue weighted by molar-refractivity contribution is 5.27. The Balaban J connectivity index is 2.76. The number of benzene rings is 1. The van der Waals surface area contributed by atoms with Gasteiger partial charge in [0, 0.05) is 12.6 Å². The van der Waals surface area contributed by atoms with Crippen LogP contribution in [0.2, 0.25) is 0 Å². The highest BCUT2D eigenvalue weighted by Gasteiger charge is 2.31. The van der Waals surface area contributed by atoms with Crippen molar-refractivity contribution >= 4 is 0 Å². The van der Waals surface area contributed by atoms with Crippen LogP contribution in [0, 0.1) is 11.3 Å². The van der Waals surface area contributed by atoms with Crippen LogP contribution in [0.25, 0.3) is 0 Å². The average molecular weight is 287 g/mol. The van der Waals surface area contributed by atoms with Crippen LogP contribution in [0.5, 0.6) is 0 Å². The number of rotatable bonds is 5. The Bertz CT molecular complexity index is 436. The fourth-order valence-corrected chi connectivity index (χ4v) is 1.72. The molecule has 1 rings (SSSR count). The van der Waals surface area contributed by atoms with Crippen LogP contribution in [0.1, 0.15) is 51.8 Å². The van der Waals surface area contributed by atoms with E-state index >= 15 is 0 Å². The first-order valence-electron chi connectivity index (χ1n) is 6.94. The topological polar surface area (TPSA) is 12.0 Å². The zero-order valence-corrected chi connectivity index (χ0v) is 12.8. The van der Waals surface area contributed by atoms with Crippen molar-refractivity contribution in [1.29, 1.82) is 0 Å². The lowest BCUT2D eigenvalue weighted by Gasteiger charge is -2.31. The van der Waals surface area contributed by atoms with E-state index in [1.165, 1.54) is 12.1 Å². The molecule has 1 atom stereocenters. The lowest BCUT2D eigenvalue weighted by Crippen LogP contribution is -2.34. The van der Waals surface area contributed by atoms with E-state index in [0.717, 1.165) is 12.6 Å². The summed E-state index contributed by atoms with van der Waals surface area (Å²) in [4.78, 5) is 0. The van der Waals surface area contributed by atoms with E-state index in [-0.39, 0.29) is 11.5 Å². The molecule has 0 amide bonds. The second-order valence-corrected chi connectivity index (χ2v) is 6.37. The summed E-state index contributed by atoms with van der Waals surface area (Å²) in [6, 6.07) is 5.42. The average Bonchev–Trinajstić information content (AvgIpc) is 2.35. The van der Waals surface area contributed by atoms with E-state index in [1.807, 2.05) is 6.92 Å². The minimum Gasteiger partial charge on any atom is -0.310 e. The van der Waals surface area contributed by atoms with Crippen LogP contribution in [-0.4, -0.2) is 6.54 Å². The largest absolute Gasteiger partial charge is 0.416 e. The third kappa shape index (κ3) is 4.51. The van der Waals surface area contributed by atoms with Gasteiger partial charge in [0.05, 0.1) is 5.56 Å². The van der Waals surface area contributed by atoms with Gasteiger partial charge in [-0.15, -0.1) is 0 Å². The van der Waals surface area contributed by atoms with Crippen molar-refractivity contribution in [3.8, 4) is 0 Å². The van der Waals surface area contributed by atoms with Gasteiger partial charge in [0.25, 0.3) is 0 Å². The molecule has 0 bridgehead atoms. The molecule has 1 aromatic carbocycles. The van der Waals surface area contributed by atoms with Crippen molar-refractivity contribution in [3.05, 3.63) is 35.4 Å². The highest BCUT2D eigenvalue weighted by Crippen LogP contribution is 2.31. The Morgan fingerprint density at radius 3 is 2.20 bits per heavy atom. The predicted molar refractivity (Wildman–Crippen MR) is 76.5 cm³/mol. The van der Waals surface area contributed by atoms with Crippen LogP contribution in [0.15, 0.2) is 24.3 Å². The third-order valence-electron chi connectivity index (χ3n) is 4.14. The maximum Gasteiger partial charge on any atom is 0.416 e. The summed E-state index contributed by atoms with van der Waals surface area (Å²) in [5, 5.41) is 3.33. The Kier molecular flexibility index (Phi) is 5.25. The normalized spacial score (nSPS) is 14.7. The summed E-state index contributed by atoms with van der Waals surface area (Å²) in [6.07, 6.45) is -4.28. The van der Waals surface area contributed by atoms with Gasteiger partial charge in [-0.3, -0.25) is 0 Å². The summed E-state index contributed by atoms with van der Waals surface area (Å²) < 4.78 is 38.1. The van der Waals surface area contributed by atoms with E-state index < -0.39 is 11.7 Å². The van der Waals surface area contributed by atoms with Gasteiger partial charge < -0.3 is 5.32 Å². The molecule has 20 heavy (non-hydrogen) atoms. The first-order valence-corrected chi connectivity index (χ1v) is 6.94. The van der Waals surface area contributed by atoms with Crippen molar-refractivity contribution in [2.75, 3.05) is 6.54 Å². The lowest BCUT2D eigenvalue weighted by atomic mass is 9.81. The van der Waals surface area contributed by atoms with Gasteiger partial charge in [0.15, 0.2) is 0 Å². The smallest absolute Gasteiger partial charge is 0.310 e. The molecule has 0 aromatic heterocycles. The van der Waals surface area contributed by atoms with E-state index in [2.05, 4.69) is 33.0 Å². The van der Waals surface area contributed by atoms with Gasteiger partial charge in [-0.05, 0) is 36.0 Å². The lowest BCUT2D eigenvalue weighted by molar-refractivity contribution is -0.137. The van der Waals surface area contributed by atoms with Gasteiger partial charge in [0.1, 0.15) is 0 Å². The first-order chi connectivity index (χ1) is 9.04. The number of halogens is 3. The molecule has 1 nitrogen and oxygen atoms in total. The molecular weight excluding hydrogens is 263 g/mol. The third-order valence-corrected chi connectivity index (χ3v) is 4.14. The molecule has 0 aliphatic rings. The summed E-state index contributed by atoms with van der Waals surface area (Å²) in [5.41, 5.74) is 0.182. The monoisotopic (exact) mass is 287 g/mol. The molecule has 1 N–H and O–H groups in total. The molecule has 4 heteroatoms. The Morgan fingerprint density at radius 2 is 1.70 bits per heavy atom. The van der Waals surface area contributed by atoms with Crippen molar-refractivity contribution in [2.24, 2.45) is 11.3 Å². The van der Waals surface area contributed by atoms with Crippen LogP contribution in [-0.2, 0) is 6.18 Å². The predicted octanol–water partition coefficient (Wildman–Crippen LogP) is 5.04. The summed E-state index contributed by atoms with van der Waals surface area (Å²) in [7, 11) is 0. The Hall–Kier alpha value is -1.03. The van der Waals surface area contributed by atoms with E-state index in [0.29, 0.717) is 11.5 Å². The molecule has 0 saturated carbocycles. The molecule has 0 heterocycles. The van der Waals surface area contributed by atoms with Crippen molar-refractivity contribution in [3.63, 3.8) is 0 Å². The van der Waals surface area contributed by atoms with E-state index in [9.17, 15) is 13.2 Å². The van der Waals surface area contributed by atoms with Crippen LogP contribution < -0.4 is 5.32 Å². The minimum absolute atomic E-state index is 0.102. The molecule has 0 aliphatic heterocycles. The van der Waals surface area contributed by atoms with Gasteiger partial charge >= 0.3 is 6.18 Å². The van der Waals surface area contributed by atoms with Crippen molar-refractivity contribution in [2.45, 2.75) is 46.8 Å². The molecule has 0 radical (unpaired) electrons. The van der Waals surface area contributed by atoms with Gasteiger partial charge in [-0.1, -0.05) is 39.8 Å². The second-order valence-electron chi connectivity index (χ2n) is 6.37. The van der Waals surface area contributed by atoms with Gasteiger partial charge in [-0.25, -0.2) is 0 Å². The molecule has 1 unspecified atom stereocenters. The molecule has 0 spiro atoms.